The molecule has 0 radical (unpaired) electrons. The molecule has 3 heterocycles. The highest BCUT2D eigenvalue weighted by atomic mass is 32.2. The number of fused-ring (bicyclic) bond motifs is 1. The van der Waals surface area contributed by atoms with Crippen molar-refractivity contribution in [3.05, 3.63) is 29.3 Å². The Morgan fingerprint density at radius 2 is 2.04 bits per heavy atom. The Morgan fingerprint density at radius 1 is 1.20 bits per heavy atom. The van der Waals surface area contributed by atoms with Gasteiger partial charge in [0.1, 0.15) is 0 Å². The average Bonchev–Trinajstić information content (AvgIpc) is 3.20. The second-order valence-electron chi connectivity index (χ2n) is 6.58. The normalized spacial score (nSPS) is 15.8. The number of hydrogen-bond acceptors (Lipinski definition) is 7. The first-order valence-corrected chi connectivity index (χ1v) is 10.5. The number of anilines is 1. The van der Waals surface area contributed by atoms with E-state index in [9.17, 15) is 0 Å². The summed E-state index contributed by atoms with van der Waals surface area (Å²) in [5.41, 5.74) is 3.17. The fourth-order valence-corrected chi connectivity index (χ4v) is 4.98. The van der Waals surface area contributed by atoms with Gasteiger partial charge >= 0.3 is 0 Å². The van der Waals surface area contributed by atoms with Crippen molar-refractivity contribution in [2.24, 2.45) is 0 Å². The van der Waals surface area contributed by atoms with E-state index in [2.05, 4.69) is 44.7 Å². The summed E-state index contributed by atoms with van der Waals surface area (Å²) in [6, 6.07) is 2.63. The lowest BCUT2D eigenvalue weighted by Gasteiger charge is -2.21. The van der Waals surface area contributed by atoms with Gasteiger partial charge in [0.25, 0.3) is 0 Å². The molecule has 1 saturated carbocycles. The molecule has 0 aromatic carbocycles. The predicted molar refractivity (Wildman–Crippen MR) is 102 cm³/mol. The van der Waals surface area contributed by atoms with Crippen LogP contribution in [-0.2, 0) is 5.75 Å². The summed E-state index contributed by atoms with van der Waals surface area (Å²) >= 11 is 3.32. The molecule has 132 valence electrons. The monoisotopic (exact) mass is 374 g/mol. The Balaban J connectivity index is 1.39. The molecule has 3 aromatic heterocycles. The summed E-state index contributed by atoms with van der Waals surface area (Å²) in [5.74, 6) is 1.55. The van der Waals surface area contributed by atoms with E-state index in [1.807, 2.05) is 11.3 Å². The van der Waals surface area contributed by atoms with Gasteiger partial charge in [-0.15, -0.1) is 10.2 Å². The summed E-state index contributed by atoms with van der Waals surface area (Å²) in [7, 11) is 0. The second-order valence-corrected chi connectivity index (χ2v) is 8.78. The number of thioether (sulfide) groups is 1. The standard InChI is InChI=1S/C17H22N6S2/c1-11-8-12(2)23-9-14(19-15(23)18-11)10-24-17-22-21-16(25-17)20-13-6-4-3-5-7-13/h8-9,13H,3-7,10H2,1-2H3,(H,20,21). The third-order valence-electron chi connectivity index (χ3n) is 4.49. The van der Waals surface area contributed by atoms with Crippen LogP contribution in [0.4, 0.5) is 5.13 Å². The summed E-state index contributed by atoms with van der Waals surface area (Å²) in [6.45, 7) is 4.08. The van der Waals surface area contributed by atoms with Crippen LogP contribution in [0.25, 0.3) is 5.78 Å². The van der Waals surface area contributed by atoms with E-state index in [1.54, 1.807) is 23.1 Å². The molecule has 1 fully saturated rings. The van der Waals surface area contributed by atoms with Crippen LogP contribution in [0.3, 0.4) is 0 Å². The van der Waals surface area contributed by atoms with E-state index in [0.29, 0.717) is 6.04 Å². The molecule has 1 aliphatic rings. The molecular formula is C17H22N6S2. The molecule has 0 bridgehead atoms. The van der Waals surface area contributed by atoms with Gasteiger partial charge in [0.15, 0.2) is 4.34 Å². The van der Waals surface area contributed by atoms with Crippen LogP contribution in [0, 0.1) is 13.8 Å². The number of imidazole rings is 1. The number of rotatable bonds is 5. The zero-order valence-corrected chi connectivity index (χ0v) is 16.2. The van der Waals surface area contributed by atoms with E-state index in [0.717, 1.165) is 38.1 Å². The second kappa shape index (κ2) is 7.29. The zero-order valence-electron chi connectivity index (χ0n) is 14.5. The van der Waals surface area contributed by atoms with E-state index < -0.39 is 0 Å². The lowest BCUT2D eigenvalue weighted by Crippen LogP contribution is -2.21. The number of hydrogen-bond donors (Lipinski definition) is 1. The average molecular weight is 375 g/mol. The van der Waals surface area contributed by atoms with E-state index in [1.165, 1.54) is 32.1 Å². The van der Waals surface area contributed by atoms with Gasteiger partial charge in [-0.25, -0.2) is 9.97 Å². The largest absolute Gasteiger partial charge is 0.357 e. The molecule has 4 rings (SSSR count). The molecule has 1 N–H and O–H groups in total. The van der Waals surface area contributed by atoms with E-state index in [4.69, 9.17) is 0 Å². The molecule has 0 spiro atoms. The van der Waals surface area contributed by atoms with Crippen LogP contribution in [0.5, 0.6) is 0 Å². The van der Waals surface area contributed by atoms with Crippen molar-refractivity contribution in [2.75, 3.05) is 5.32 Å². The van der Waals surface area contributed by atoms with Crippen molar-refractivity contribution in [1.82, 2.24) is 24.6 Å². The maximum Gasteiger partial charge on any atom is 0.234 e. The van der Waals surface area contributed by atoms with Crippen molar-refractivity contribution < 1.29 is 0 Å². The topological polar surface area (TPSA) is 68.0 Å². The minimum absolute atomic E-state index is 0.565. The van der Waals surface area contributed by atoms with Crippen LogP contribution in [-0.4, -0.2) is 30.6 Å². The number of nitrogens with one attached hydrogen (secondary N) is 1. The van der Waals surface area contributed by atoms with E-state index >= 15 is 0 Å². The molecule has 1 aliphatic carbocycles. The summed E-state index contributed by atoms with van der Waals surface area (Å²) in [5, 5.41) is 13.1. The molecule has 0 atom stereocenters. The Bertz CT molecular complexity index is 865. The first kappa shape index (κ1) is 16.8. The summed E-state index contributed by atoms with van der Waals surface area (Å²) in [4.78, 5) is 9.11. The van der Waals surface area contributed by atoms with Crippen molar-refractivity contribution in [3.63, 3.8) is 0 Å². The highest BCUT2D eigenvalue weighted by Gasteiger charge is 2.15. The molecular weight excluding hydrogens is 352 g/mol. The molecule has 0 amide bonds. The van der Waals surface area contributed by atoms with Gasteiger partial charge in [0.05, 0.1) is 5.69 Å². The van der Waals surface area contributed by atoms with Crippen molar-refractivity contribution in [3.8, 4) is 0 Å². The molecule has 8 heteroatoms. The molecule has 6 nitrogen and oxygen atoms in total. The maximum atomic E-state index is 4.62. The Labute approximate surface area is 155 Å². The highest BCUT2D eigenvalue weighted by Crippen LogP contribution is 2.30. The summed E-state index contributed by atoms with van der Waals surface area (Å²) < 4.78 is 3.02. The van der Waals surface area contributed by atoms with Crippen LogP contribution < -0.4 is 5.32 Å². The van der Waals surface area contributed by atoms with Crippen molar-refractivity contribution in [1.29, 1.82) is 0 Å². The van der Waals surface area contributed by atoms with Gasteiger partial charge in [0, 0.05) is 29.4 Å². The molecule has 0 unspecified atom stereocenters. The maximum absolute atomic E-state index is 4.62. The van der Waals surface area contributed by atoms with Gasteiger partial charge in [-0.05, 0) is 32.8 Å². The first-order valence-electron chi connectivity index (χ1n) is 8.72. The fourth-order valence-electron chi connectivity index (χ4n) is 3.27. The van der Waals surface area contributed by atoms with E-state index in [-0.39, 0.29) is 0 Å². The van der Waals surface area contributed by atoms with Crippen molar-refractivity contribution in [2.45, 2.75) is 62.1 Å². The zero-order chi connectivity index (χ0) is 17.2. The number of nitrogens with zero attached hydrogens (tertiary/aromatic N) is 5. The molecule has 0 aliphatic heterocycles. The Hall–Kier alpha value is -1.67. The van der Waals surface area contributed by atoms with Crippen molar-refractivity contribution >= 4 is 34.0 Å². The lowest BCUT2D eigenvalue weighted by molar-refractivity contribution is 0.462. The molecule has 3 aromatic rings. The number of aryl methyl sites for hydroxylation is 2. The lowest BCUT2D eigenvalue weighted by atomic mass is 9.96. The number of aromatic nitrogens is 5. The summed E-state index contributed by atoms with van der Waals surface area (Å²) in [6.07, 6.45) is 8.55. The van der Waals surface area contributed by atoms with Gasteiger partial charge in [0.2, 0.25) is 10.9 Å². The van der Waals surface area contributed by atoms with Crippen LogP contribution in [0.15, 0.2) is 16.6 Å². The first-order chi connectivity index (χ1) is 12.2. The van der Waals surface area contributed by atoms with Gasteiger partial charge < -0.3 is 5.32 Å². The quantitative estimate of drug-likeness (QED) is 0.674. The SMILES string of the molecule is Cc1cc(C)n2cc(CSc3nnc(NC4CCCCC4)s3)nc2n1. The van der Waals surface area contributed by atoms with Gasteiger partial charge in [-0.1, -0.05) is 42.4 Å². The Kier molecular flexibility index (Phi) is 4.89. The third-order valence-corrected chi connectivity index (χ3v) is 6.52. The van der Waals surface area contributed by atoms with Gasteiger partial charge in [-0.3, -0.25) is 4.40 Å². The van der Waals surface area contributed by atoms with Crippen LogP contribution in [0.1, 0.15) is 49.2 Å². The minimum atomic E-state index is 0.565. The molecule has 0 saturated heterocycles. The minimum Gasteiger partial charge on any atom is -0.357 e. The highest BCUT2D eigenvalue weighted by molar-refractivity contribution is 8.00. The van der Waals surface area contributed by atoms with Crippen LogP contribution >= 0.6 is 23.1 Å². The Morgan fingerprint density at radius 3 is 2.88 bits per heavy atom. The van der Waals surface area contributed by atoms with Gasteiger partial charge in [-0.2, -0.15) is 0 Å². The predicted octanol–water partition coefficient (Wildman–Crippen LogP) is 4.23. The smallest absolute Gasteiger partial charge is 0.234 e. The third kappa shape index (κ3) is 3.95. The van der Waals surface area contributed by atoms with Crippen LogP contribution in [0.2, 0.25) is 0 Å². The fraction of sp³-hybridized carbons (Fsp3) is 0.529. The molecule has 25 heavy (non-hydrogen) atoms.